The second-order valence-electron chi connectivity index (χ2n) is 14.4. The smallest absolute Gasteiger partial charge is 0.220 e. The van der Waals surface area contributed by atoms with Gasteiger partial charge in [-0.25, -0.2) is 0 Å². The minimum absolute atomic E-state index is 0.0741. The number of hydrogen-bond donors (Lipinski definition) is 3. The molecule has 0 aromatic carbocycles. The zero-order chi connectivity index (χ0) is 34.3. The predicted octanol–water partition coefficient (Wildman–Crippen LogP) is 12.8. The van der Waals surface area contributed by atoms with Gasteiger partial charge in [0, 0.05) is 6.42 Å². The van der Waals surface area contributed by atoms with Crippen LogP contribution in [-0.4, -0.2) is 34.9 Å². The fourth-order valence-corrected chi connectivity index (χ4v) is 6.39. The Hall–Kier alpha value is -1.13. The molecule has 47 heavy (non-hydrogen) atoms. The van der Waals surface area contributed by atoms with Crippen molar-refractivity contribution in [3.05, 3.63) is 24.3 Å². The third kappa shape index (κ3) is 36.0. The lowest BCUT2D eigenvalue weighted by Gasteiger charge is -2.20. The van der Waals surface area contributed by atoms with Crippen molar-refractivity contribution in [1.82, 2.24) is 5.32 Å². The molecule has 0 aliphatic rings. The molecule has 0 bridgehead atoms. The number of carbonyl (C=O) groups is 1. The Kier molecular flexibility index (Phi) is 38.4. The third-order valence-electron chi connectivity index (χ3n) is 9.68. The average molecular weight is 662 g/mol. The van der Waals surface area contributed by atoms with E-state index in [9.17, 15) is 15.0 Å². The lowest BCUT2D eigenvalue weighted by molar-refractivity contribution is -0.123. The molecule has 0 aromatic rings. The van der Waals surface area contributed by atoms with Crippen LogP contribution in [0.5, 0.6) is 0 Å². The van der Waals surface area contributed by atoms with Gasteiger partial charge < -0.3 is 15.5 Å². The van der Waals surface area contributed by atoms with Gasteiger partial charge in [0.1, 0.15) is 0 Å². The van der Waals surface area contributed by atoms with E-state index >= 15 is 0 Å². The minimum Gasteiger partial charge on any atom is -0.394 e. The summed E-state index contributed by atoms with van der Waals surface area (Å²) in [6.45, 7) is 4.27. The van der Waals surface area contributed by atoms with Crippen LogP contribution in [0, 0.1) is 0 Å². The molecule has 0 aliphatic heterocycles. The maximum atomic E-state index is 12.3. The highest BCUT2D eigenvalue weighted by molar-refractivity contribution is 5.76. The van der Waals surface area contributed by atoms with Crippen molar-refractivity contribution in [2.45, 2.75) is 238 Å². The summed E-state index contributed by atoms with van der Waals surface area (Å²) in [6.07, 6.45) is 50.0. The second kappa shape index (κ2) is 39.3. The van der Waals surface area contributed by atoms with Crippen molar-refractivity contribution in [2.24, 2.45) is 0 Å². The first-order valence-corrected chi connectivity index (χ1v) is 21.1. The normalized spacial score (nSPS) is 13.2. The van der Waals surface area contributed by atoms with Gasteiger partial charge in [0.2, 0.25) is 5.91 Å². The zero-order valence-corrected chi connectivity index (χ0v) is 31.8. The molecule has 0 fully saturated rings. The number of allylic oxidation sites excluding steroid dienone is 3. The van der Waals surface area contributed by atoms with Gasteiger partial charge in [-0.2, -0.15) is 0 Å². The Labute approximate surface area is 294 Å². The number of carbonyl (C=O) groups excluding carboxylic acids is 1. The molecule has 278 valence electrons. The van der Waals surface area contributed by atoms with Gasteiger partial charge in [0.15, 0.2) is 0 Å². The molecule has 0 heterocycles. The number of aliphatic hydroxyl groups excluding tert-OH is 2. The van der Waals surface area contributed by atoms with E-state index in [1.165, 1.54) is 167 Å². The highest BCUT2D eigenvalue weighted by Crippen LogP contribution is 2.16. The van der Waals surface area contributed by atoms with E-state index in [-0.39, 0.29) is 12.5 Å². The first-order chi connectivity index (χ1) is 23.2. The fourth-order valence-electron chi connectivity index (χ4n) is 6.39. The number of hydrogen-bond acceptors (Lipinski definition) is 3. The quantitative estimate of drug-likeness (QED) is 0.0455. The Morgan fingerprint density at radius 3 is 1.23 bits per heavy atom. The van der Waals surface area contributed by atoms with Gasteiger partial charge in [0.05, 0.1) is 18.8 Å². The summed E-state index contributed by atoms with van der Waals surface area (Å²) < 4.78 is 0. The van der Waals surface area contributed by atoms with Crippen LogP contribution in [0.25, 0.3) is 0 Å². The molecule has 2 unspecified atom stereocenters. The molecule has 4 heteroatoms. The Balaban J connectivity index is 3.51. The maximum absolute atomic E-state index is 12.3. The lowest BCUT2D eigenvalue weighted by Crippen LogP contribution is -2.45. The summed E-state index contributed by atoms with van der Waals surface area (Å²) in [5.74, 6) is -0.0741. The number of aliphatic hydroxyl groups is 2. The first-order valence-electron chi connectivity index (χ1n) is 21.1. The highest BCUT2D eigenvalue weighted by atomic mass is 16.3. The molecule has 0 rings (SSSR count). The van der Waals surface area contributed by atoms with Crippen molar-refractivity contribution in [1.29, 1.82) is 0 Å². The van der Waals surface area contributed by atoms with Crippen LogP contribution in [0.4, 0.5) is 0 Å². The van der Waals surface area contributed by atoms with Gasteiger partial charge in [0.25, 0.3) is 0 Å². The van der Waals surface area contributed by atoms with E-state index in [1.54, 1.807) is 6.08 Å². The monoisotopic (exact) mass is 662 g/mol. The molecule has 0 radical (unpaired) electrons. The largest absolute Gasteiger partial charge is 0.394 e. The average Bonchev–Trinajstić information content (AvgIpc) is 3.07. The summed E-state index contributed by atoms with van der Waals surface area (Å²) in [6, 6.07) is -0.622. The van der Waals surface area contributed by atoms with Crippen LogP contribution in [0.15, 0.2) is 24.3 Å². The number of rotatable bonds is 38. The molecule has 1 amide bonds. The van der Waals surface area contributed by atoms with Crippen molar-refractivity contribution in [2.75, 3.05) is 6.61 Å². The molecule has 0 saturated carbocycles. The van der Waals surface area contributed by atoms with Crippen LogP contribution in [0.3, 0.4) is 0 Å². The van der Waals surface area contributed by atoms with E-state index in [4.69, 9.17) is 0 Å². The molecule has 0 aromatic heterocycles. The first kappa shape index (κ1) is 45.9. The van der Waals surface area contributed by atoms with Crippen LogP contribution < -0.4 is 5.32 Å². The van der Waals surface area contributed by atoms with Gasteiger partial charge >= 0.3 is 0 Å². The summed E-state index contributed by atoms with van der Waals surface area (Å²) in [7, 11) is 0. The van der Waals surface area contributed by atoms with Crippen molar-refractivity contribution >= 4 is 5.91 Å². The lowest BCUT2D eigenvalue weighted by atomic mass is 10.0. The third-order valence-corrected chi connectivity index (χ3v) is 9.68. The highest BCUT2D eigenvalue weighted by Gasteiger charge is 2.17. The number of unbranched alkanes of at least 4 members (excludes halogenated alkanes) is 29. The van der Waals surface area contributed by atoms with E-state index < -0.39 is 12.1 Å². The Morgan fingerprint density at radius 1 is 0.489 bits per heavy atom. The number of nitrogens with one attached hydrogen (secondary N) is 1. The minimum atomic E-state index is -0.839. The summed E-state index contributed by atoms with van der Waals surface area (Å²) in [5, 5.41) is 22.9. The Bertz CT molecular complexity index is 676. The van der Waals surface area contributed by atoms with Crippen molar-refractivity contribution in [3.63, 3.8) is 0 Å². The van der Waals surface area contributed by atoms with Crippen LogP contribution in [0.1, 0.15) is 226 Å². The van der Waals surface area contributed by atoms with Crippen molar-refractivity contribution < 1.29 is 15.0 Å². The van der Waals surface area contributed by atoms with Crippen LogP contribution in [0.2, 0.25) is 0 Å². The van der Waals surface area contributed by atoms with E-state index in [0.717, 1.165) is 38.5 Å². The van der Waals surface area contributed by atoms with Gasteiger partial charge in [-0.1, -0.05) is 205 Å². The van der Waals surface area contributed by atoms with E-state index in [2.05, 4.69) is 31.3 Å². The van der Waals surface area contributed by atoms with E-state index in [0.29, 0.717) is 6.42 Å². The molecule has 4 nitrogen and oxygen atoms in total. The van der Waals surface area contributed by atoms with E-state index in [1.807, 2.05) is 6.08 Å². The van der Waals surface area contributed by atoms with Gasteiger partial charge in [-0.3, -0.25) is 4.79 Å². The van der Waals surface area contributed by atoms with Gasteiger partial charge in [-0.05, 0) is 38.5 Å². The standard InChI is InChI=1S/C43H83NO3/c1-3-5-7-9-11-13-15-16-17-18-19-20-21-22-23-24-25-26-27-29-30-32-34-36-38-42(46)41(40-45)44-43(47)39-37-35-33-31-28-14-12-10-8-6-4-2/h10,12,36,38,41-42,45-46H,3-9,11,13-35,37,39-40H2,1-2H3,(H,44,47)/b12-10-,38-36+. The van der Waals surface area contributed by atoms with Gasteiger partial charge in [-0.15, -0.1) is 0 Å². The molecule has 2 atom stereocenters. The summed E-state index contributed by atoms with van der Waals surface area (Å²) in [5.41, 5.74) is 0. The molecule has 3 N–H and O–H groups in total. The summed E-state index contributed by atoms with van der Waals surface area (Å²) >= 11 is 0. The van der Waals surface area contributed by atoms with Crippen LogP contribution in [-0.2, 0) is 4.79 Å². The van der Waals surface area contributed by atoms with Crippen LogP contribution >= 0.6 is 0 Å². The predicted molar refractivity (Wildman–Crippen MR) is 207 cm³/mol. The maximum Gasteiger partial charge on any atom is 0.220 e. The molecular formula is C43H83NO3. The topological polar surface area (TPSA) is 69.6 Å². The Morgan fingerprint density at radius 2 is 0.830 bits per heavy atom. The fraction of sp³-hybridized carbons (Fsp3) is 0.884. The number of amides is 1. The molecular weight excluding hydrogens is 578 g/mol. The molecule has 0 spiro atoms. The SMILES string of the molecule is CCCC/C=C\CCCCCCCC(=O)NC(CO)C(O)/C=C/CCCCCCCCCCCCCCCCCCCCCCCC. The molecule has 0 aliphatic carbocycles. The zero-order valence-electron chi connectivity index (χ0n) is 31.8. The van der Waals surface area contributed by atoms with Crippen molar-refractivity contribution in [3.8, 4) is 0 Å². The molecule has 0 saturated heterocycles. The second-order valence-corrected chi connectivity index (χ2v) is 14.4. The summed E-state index contributed by atoms with van der Waals surface area (Å²) in [4.78, 5) is 12.3.